The molecule has 0 radical (unpaired) electrons. The van der Waals surface area contributed by atoms with Gasteiger partial charge < -0.3 is 19.7 Å². The van der Waals surface area contributed by atoms with E-state index >= 15 is 0 Å². The van der Waals surface area contributed by atoms with Crippen molar-refractivity contribution in [1.29, 1.82) is 0 Å². The van der Waals surface area contributed by atoms with E-state index < -0.39 is 0 Å². The first-order valence-corrected chi connectivity index (χ1v) is 12.9. The Labute approximate surface area is 237 Å². The Morgan fingerprint density at radius 2 is 1.79 bits per heavy atom. The molecule has 5 rings (SSSR count). The molecule has 0 bridgehead atoms. The summed E-state index contributed by atoms with van der Waals surface area (Å²) in [5.74, 6) is 0.836. The van der Waals surface area contributed by atoms with Gasteiger partial charge in [0.2, 0.25) is 0 Å². The topological polar surface area (TPSA) is 70.0 Å². The van der Waals surface area contributed by atoms with Crippen molar-refractivity contribution < 1.29 is 45.2 Å². The van der Waals surface area contributed by atoms with E-state index in [2.05, 4.69) is 4.90 Å². The summed E-state index contributed by atoms with van der Waals surface area (Å²) in [7, 11) is 0. The average Bonchev–Trinajstić information content (AvgIpc) is 3.26. The van der Waals surface area contributed by atoms with Crippen LogP contribution in [0.15, 0.2) is 60.7 Å². The summed E-state index contributed by atoms with van der Waals surface area (Å²) in [6.07, 6.45) is 5.96. The van der Waals surface area contributed by atoms with Gasteiger partial charge in [-0.15, -0.1) is 6.07 Å². The molecule has 2 aliphatic rings. The van der Waals surface area contributed by atoms with Crippen LogP contribution < -0.4 is 4.74 Å². The van der Waals surface area contributed by atoms with Crippen molar-refractivity contribution in [1.82, 2.24) is 4.90 Å². The van der Waals surface area contributed by atoms with Gasteiger partial charge in [0.05, 0.1) is 13.0 Å². The Hall–Kier alpha value is -2.95. The number of fused-ring (bicyclic) bond motifs is 1. The minimum Gasteiger partial charge on any atom is -0.508 e. The smallest absolute Gasteiger partial charge is 0.126 e. The van der Waals surface area contributed by atoms with Crippen LogP contribution in [-0.2, 0) is 32.3 Å². The number of aromatic hydroxyl groups is 2. The Bertz CT molecular complexity index is 1310. The van der Waals surface area contributed by atoms with E-state index in [0.717, 1.165) is 78.9 Å². The first kappa shape index (κ1) is 28.1. The third-order valence-electron chi connectivity index (χ3n) is 7.26. The summed E-state index contributed by atoms with van der Waals surface area (Å²) in [5.41, 5.74) is 6.27. The number of phenolic OH excluding ortho intramolecular Hbond substituents is 2. The predicted octanol–water partition coefficient (Wildman–Crippen LogP) is 5.66. The molecule has 3 aromatic rings. The predicted molar refractivity (Wildman–Crippen MR) is 142 cm³/mol. The van der Waals surface area contributed by atoms with Gasteiger partial charge in [0, 0.05) is 52.3 Å². The largest absolute Gasteiger partial charge is 0.508 e. The molecule has 5 nitrogen and oxygen atoms in total. The van der Waals surface area contributed by atoms with Crippen LogP contribution >= 0.6 is 0 Å². The molecule has 1 saturated heterocycles. The molecule has 1 fully saturated rings. The maximum atomic E-state index is 12.5. The first-order valence-electron chi connectivity index (χ1n) is 12.9. The SMILES string of the molecule is O=[C-]c1ccc2c(c1)CCCC(c1ccc(O)cc1O)=C2c1ccc(O[C@H]2CCN(CCCF)C2)cc1.[Mo]. The Kier molecular flexibility index (Phi) is 9.40. The van der Waals surface area contributed by atoms with Crippen LogP contribution in [0, 0.1) is 0 Å². The second kappa shape index (κ2) is 12.7. The zero-order valence-electron chi connectivity index (χ0n) is 21.2. The minimum atomic E-state index is -0.291. The van der Waals surface area contributed by atoms with Gasteiger partial charge in [-0.1, -0.05) is 17.7 Å². The number of aryl methyl sites for hydroxylation is 1. The van der Waals surface area contributed by atoms with Crippen LogP contribution in [0.5, 0.6) is 17.2 Å². The van der Waals surface area contributed by atoms with E-state index in [1.165, 1.54) is 6.07 Å². The summed E-state index contributed by atoms with van der Waals surface area (Å²) < 4.78 is 18.7. The fraction of sp³-hybridized carbons (Fsp3) is 0.323. The molecule has 1 atom stereocenters. The molecule has 38 heavy (non-hydrogen) atoms. The van der Waals surface area contributed by atoms with Gasteiger partial charge in [-0.05, 0) is 78.6 Å². The van der Waals surface area contributed by atoms with Crippen LogP contribution in [0.4, 0.5) is 4.39 Å². The number of benzene rings is 3. The fourth-order valence-corrected chi connectivity index (χ4v) is 5.50. The maximum Gasteiger partial charge on any atom is 0.126 e. The van der Waals surface area contributed by atoms with Crippen LogP contribution in [0.1, 0.15) is 53.5 Å². The summed E-state index contributed by atoms with van der Waals surface area (Å²) in [6.45, 7) is 2.20. The van der Waals surface area contributed by atoms with Gasteiger partial charge >= 0.3 is 0 Å². The number of rotatable bonds is 8. The monoisotopic (exact) mass is 598 g/mol. The number of hydrogen-bond donors (Lipinski definition) is 2. The third-order valence-corrected chi connectivity index (χ3v) is 7.26. The molecule has 0 amide bonds. The van der Waals surface area contributed by atoms with Crippen LogP contribution in [0.25, 0.3) is 11.1 Å². The number of ether oxygens (including phenoxy) is 1. The fourth-order valence-electron chi connectivity index (χ4n) is 5.50. The number of phenols is 2. The second-order valence-electron chi connectivity index (χ2n) is 9.78. The molecular weight excluding hydrogens is 565 g/mol. The van der Waals surface area contributed by atoms with Crippen LogP contribution in [-0.4, -0.2) is 53.8 Å². The van der Waals surface area contributed by atoms with Gasteiger partial charge in [0.15, 0.2) is 0 Å². The number of hydrogen-bond acceptors (Lipinski definition) is 5. The molecule has 0 aromatic heterocycles. The molecular formula is C31H31FMoNO4-. The molecule has 0 spiro atoms. The number of halogens is 1. The molecule has 3 aromatic carbocycles. The molecule has 1 aliphatic carbocycles. The minimum absolute atomic E-state index is 0. The summed E-state index contributed by atoms with van der Waals surface area (Å²) in [5, 5.41) is 20.6. The quantitative estimate of drug-likeness (QED) is 0.260. The van der Waals surface area contributed by atoms with Crippen molar-refractivity contribution in [2.45, 2.75) is 38.2 Å². The standard InChI is InChI=1S/C31H31FNO4.Mo/c32-14-2-15-33-16-13-26(19-33)37-25-9-6-22(7-10-25)31-27-11-5-21(20-34)17-23(27)3-1-4-29(31)28-12-8-24(35)18-30(28)36;/h5-12,17-18,26,35-36H,1-4,13-16,19H2;/q-1;/t26-;/m0./s1. The van der Waals surface area contributed by atoms with Crippen LogP contribution in [0.2, 0.25) is 0 Å². The third kappa shape index (κ3) is 6.19. The summed E-state index contributed by atoms with van der Waals surface area (Å²) in [4.78, 5) is 13.6. The molecule has 7 heteroatoms. The number of alkyl halides is 1. The summed E-state index contributed by atoms with van der Waals surface area (Å²) >= 11 is 0. The van der Waals surface area contributed by atoms with Crippen molar-refractivity contribution in [3.05, 3.63) is 88.5 Å². The Morgan fingerprint density at radius 3 is 2.53 bits per heavy atom. The van der Waals surface area contributed by atoms with E-state index in [0.29, 0.717) is 17.5 Å². The van der Waals surface area contributed by atoms with E-state index in [1.807, 2.05) is 42.7 Å². The van der Waals surface area contributed by atoms with Crippen molar-refractivity contribution in [2.75, 3.05) is 26.3 Å². The first-order chi connectivity index (χ1) is 18.1. The van der Waals surface area contributed by atoms with Gasteiger partial charge in [0.25, 0.3) is 0 Å². The molecule has 2 N–H and O–H groups in total. The number of nitrogens with zero attached hydrogens (tertiary/aromatic N) is 1. The molecule has 198 valence electrons. The van der Waals surface area contributed by atoms with Crippen molar-refractivity contribution in [3.8, 4) is 17.2 Å². The van der Waals surface area contributed by atoms with Gasteiger partial charge in [-0.3, -0.25) is 9.29 Å². The Morgan fingerprint density at radius 1 is 1.00 bits per heavy atom. The number of allylic oxidation sites excluding steroid dienone is 1. The second-order valence-corrected chi connectivity index (χ2v) is 9.78. The summed E-state index contributed by atoms with van der Waals surface area (Å²) in [6, 6.07) is 18.4. The van der Waals surface area contributed by atoms with E-state index in [-0.39, 0.29) is 45.3 Å². The number of likely N-dealkylation sites (tertiary alicyclic amines) is 1. The van der Waals surface area contributed by atoms with Crippen molar-refractivity contribution >= 4 is 17.4 Å². The van der Waals surface area contributed by atoms with Crippen LogP contribution in [0.3, 0.4) is 0 Å². The van der Waals surface area contributed by atoms with Crippen molar-refractivity contribution in [3.63, 3.8) is 0 Å². The Balaban J connectivity index is 0.00000336. The van der Waals surface area contributed by atoms with Gasteiger partial charge in [-0.25, -0.2) is 0 Å². The van der Waals surface area contributed by atoms with Gasteiger partial charge in [-0.2, -0.15) is 17.7 Å². The molecule has 1 heterocycles. The number of carbonyl (C=O) groups excluding carboxylic acids is 1. The zero-order valence-corrected chi connectivity index (χ0v) is 23.2. The van der Waals surface area contributed by atoms with Crippen molar-refractivity contribution in [2.24, 2.45) is 0 Å². The molecule has 1 aliphatic heterocycles. The molecule has 0 saturated carbocycles. The normalized spacial score (nSPS) is 17.4. The zero-order chi connectivity index (χ0) is 25.8. The van der Waals surface area contributed by atoms with E-state index in [4.69, 9.17) is 4.74 Å². The van der Waals surface area contributed by atoms with E-state index in [1.54, 1.807) is 18.2 Å². The molecule has 0 unspecified atom stereocenters. The maximum absolute atomic E-state index is 12.5. The van der Waals surface area contributed by atoms with E-state index in [9.17, 15) is 19.4 Å². The average molecular weight is 597 g/mol. The van der Waals surface area contributed by atoms with Gasteiger partial charge in [0.1, 0.15) is 23.4 Å².